The van der Waals surface area contributed by atoms with E-state index in [0.29, 0.717) is 18.4 Å². The fraction of sp³-hybridized carbons (Fsp3) is 0.333. The highest BCUT2D eigenvalue weighted by Crippen LogP contribution is 2.11. The van der Waals surface area contributed by atoms with Crippen molar-refractivity contribution in [3.63, 3.8) is 0 Å². The third-order valence-electron chi connectivity index (χ3n) is 2.02. The van der Waals surface area contributed by atoms with Crippen LogP contribution in [0.25, 0.3) is 0 Å². The Balaban J connectivity index is 2.60. The predicted octanol–water partition coefficient (Wildman–Crippen LogP) is 2.28. The van der Waals surface area contributed by atoms with Gasteiger partial charge in [0.2, 0.25) is 0 Å². The summed E-state index contributed by atoms with van der Waals surface area (Å²) in [7, 11) is 0. The zero-order valence-electron chi connectivity index (χ0n) is 8.21. The second kappa shape index (κ2) is 5.47. The third kappa shape index (κ3) is 4.09. The van der Waals surface area contributed by atoms with Crippen molar-refractivity contribution in [3.8, 4) is 12.3 Å². The molecule has 0 bridgehead atoms. The predicted molar refractivity (Wildman–Crippen MR) is 54.1 cm³/mol. The van der Waals surface area contributed by atoms with Crippen LogP contribution in [0.1, 0.15) is 18.4 Å². The summed E-state index contributed by atoms with van der Waals surface area (Å²) in [5.41, 5.74) is 0.442. The van der Waals surface area contributed by atoms with Gasteiger partial charge >= 0.3 is 0 Å². The normalized spacial score (nSPS) is 12.1. The number of benzene rings is 1. The highest BCUT2D eigenvalue weighted by molar-refractivity contribution is 5.18. The monoisotopic (exact) mass is 210 g/mol. The second-order valence-corrected chi connectivity index (χ2v) is 3.38. The molecule has 1 aromatic carbocycles. The second-order valence-electron chi connectivity index (χ2n) is 3.38. The first-order valence-electron chi connectivity index (χ1n) is 4.68. The Hall–Kier alpha value is -1.40. The molecule has 3 heteroatoms. The first kappa shape index (κ1) is 11.7. The zero-order valence-corrected chi connectivity index (χ0v) is 8.21. The van der Waals surface area contributed by atoms with Gasteiger partial charge in [-0.2, -0.15) is 0 Å². The quantitative estimate of drug-likeness (QED) is 0.756. The van der Waals surface area contributed by atoms with Gasteiger partial charge in [0, 0.05) is 12.5 Å². The first-order chi connectivity index (χ1) is 7.11. The molecule has 0 spiro atoms. The fourth-order valence-corrected chi connectivity index (χ4v) is 1.35. The molecule has 1 atom stereocenters. The Morgan fingerprint density at radius 2 is 1.87 bits per heavy atom. The van der Waals surface area contributed by atoms with Crippen LogP contribution in [-0.2, 0) is 6.42 Å². The Kier molecular flexibility index (Phi) is 4.26. The van der Waals surface area contributed by atoms with Crippen LogP contribution in [0.15, 0.2) is 18.2 Å². The van der Waals surface area contributed by atoms with Crippen molar-refractivity contribution < 1.29 is 13.9 Å². The SMILES string of the molecule is C#CCCC(O)Cc1cc(F)cc(F)c1. The summed E-state index contributed by atoms with van der Waals surface area (Å²) in [4.78, 5) is 0. The summed E-state index contributed by atoms with van der Waals surface area (Å²) in [5, 5.41) is 9.48. The van der Waals surface area contributed by atoms with E-state index < -0.39 is 17.7 Å². The topological polar surface area (TPSA) is 20.2 Å². The summed E-state index contributed by atoms with van der Waals surface area (Å²) < 4.78 is 25.6. The smallest absolute Gasteiger partial charge is 0.126 e. The van der Waals surface area contributed by atoms with Gasteiger partial charge in [-0.15, -0.1) is 12.3 Å². The fourth-order valence-electron chi connectivity index (χ4n) is 1.35. The number of hydrogen-bond donors (Lipinski definition) is 1. The molecule has 1 rings (SSSR count). The molecule has 15 heavy (non-hydrogen) atoms. The van der Waals surface area contributed by atoms with E-state index in [0.717, 1.165) is 6.07 Å². The van der Waals surface area contributed by atoms with Crippen molar-refractivity contribution in [2.45, 2.75) is 25.4 Å². The number of halogens is 2. The first-order valence-corrected chi connectivity index (χ1v) is 4.68. The van der Waals surface area contributed by atoms with Gasteiger partial charge in [-0.1, -0.05) is 0 Å². The van der Waals surface area contributed by atoms with Gasteiger partial charge in [-0.25, -0.2) is 8.78 Å². The van der Waals surface area contributed by atoms with E-state index in [4.69, 9.17) is 6.42 Å². The Morgan fingerprint density at radius 3 is 2.40 bits per heavy atom. The highest BCUT2D eigenvalue weighted by Gasteiger charge is 2.07. The van der Waals surface area contributed by atoms with Crippen LogP contribution in [0, 0.1) is 24.0 Å². The molecule has 1 nitrogen and oxygen atoms in total. The van der Waals surface area contributed by atoms with Gasteiger partial charge in [-0.05, 0) is 30.5 Å². The van der Waals surface area contributed by atoms with Crippen LogP contribution in [-0.4, -0.2) is 11.2 Å². The molecule has 0 aliphatic rings. The van der Waals surface area contributed by atoms with E-state index in [1.807, 2.05) is 0 Å². The highest BCUT2D eigenvalue weighted by atomic mass is 19.1. The molecule has 0 aromatic heterocycles. The van der Waals surface area contributed by atoms with Gasteiger partial charge in [-0.3, -0.25) is 0 Å². The molecule has 0 fully saturated rings. The minimum atomic E-state index is -0.651. The van der Waals surface area contributed by atoms with E-state index in [1.54, 1.807) is 0 Å². The van der Waals surface area contributed by atoms with Gasteiger partial charge in [0.15, 0.2) is 0 Å². The summed E-state index contributed by atoms with van der Waals surface area (Å²) >= 11 is 0. The van der Waals surface area contributed by atoms with Gasteiger partial charge in [0.05, 0.1) is 6.10 Å². The number of terminal acetylenes is 1. The molecule has 0 saturated heterocycles. The van der Waals surface area contributed by atoms with E-state index in [2.05, 4.69) is 5.92 Å². The lowest BCUT2D eigenvalue weighted by molar-refractivity contribution is 0.166. The van der Waals surface area contributed by atoms with Crippen LogP contribution in [0.2, 0.25) is 0 Å². The Bertz CT molecular complexity index is 348. The standard InChI is InChI=1S/C12H12F2O/c1-2-3-4-12(15)7-9-5-10(13)8-11(14)6-9/h1,5-6,8,12,15H,3-4,7H2. The van der Waals surface area contributed by atoms with E-state index >= 15 is 0 Å². The van der Waals surface area contributed by atoms with E-state index in [1.165, 1.54) is 12.1 Å². The van der Waals surface area contributed by atoms with Gasteiger partial charge in [0.1, 0.15) is 11.6 Å². The van der Waals surface area contributed by atoms with Crippen LogP contribution in [0.4, 0.5) is 8.78 Å². The van der Waals surface area contributed by atoms with Gasteiger partial charge < -0.3 is 5.11 Å². The maximum absolute atomic E-state index is 12.8. The minimum absolute atomic E-state index is 0.219. The summed E-state index contributed by atoms with van der Waals surface area (Å²) in [6.07, 6.45) is 5.50. The molecule has 0 amide bonds. The molecule has 0 aliphatic carbocycles. The van der Waals surface area contributed by atoms with Crippen molar-refractivity contribution >= 4 is 0 Å². The minimum Gasteiger partial charge on any atom is -0.393 e. The number of aliphatic hydroxyl groups excluding tert-OH is 1. The lowest BCUT2D eigenvalue weighted by atomic mass is 10.0. The van der Waals surface area contributed by atoms with Crippen LogP contribution >= 0.6 is 0 Å². The number of hydrogen-bond acceptors (Lipinski definition) is 1. The maximum Gasteiger partial charge on any atom is 0.126 e. The summed E-state index contributed by atoms with van der Waals surface area (Å²) in [6, 6.07) is 3.22. The molecule has 0 heterocycles. The maximum atomic E-state index is 12.8. The molecule has 1 aromatic rings. The van der Waals surface area contributed by atoms with Crippen LogP contribution in [0.3, 0.4) is 0 Å². The average Bonchev–Trinajstić information content (AvgIpc) is 2.13. The summed E-state index contributed by atoms with van der Waals surface area (Å²) in [5.74, 6) is 1.14. The third-order valence-corrected chi connectivity index (χ3v) is 2.02. The average molecular weight is 210 g/mol. The number of aliphatic hydroxyl groups is 1. The van der Waals surface area contributed by atoms with E-state index in [-0.39, 0.29) is 6.42 Å². The molecule has 0 radical (unpaired) electrons. The largest absolute Gasteiger partial charge is 0.393 e. The van der Waals surface area contributed by atoms with Gasteiger partial charge in [0.25, 0.3) is 0 Å². The molecule has 1 N–H and O–H groups in total. The molecular formula is C12H12F2O. The summed E-state index contributed by atoms with van der Waals surface area (Å²) in [6.45, 7) is 0. The van der Waals surface area contributed by atoms with Crippen molar-refractivity contribution in [2.24, 2.45) is 0 Å². The van der Waals surface area contributed by atoms with Crippen molar-refractivity contribution in [3.05, 3.63) is 35.4 Å². The molecular weight excluding hydrogens is 198 g/mol. The lowest BCUT2D eigenvalue weighted by Gasteiger charge is -2.08. The molecule has 0 saturated carbocycles. The van der Waals surface area contributed by atoms with Crippen molar-refractivity contribution in [1.29, 1.82) is 0 Å². The van der Waals surface area contributed by atoms with Crippen molar-refractivity contribution in [1.82, 2.24) is 0 Å². The number of rotatable bonds is 4. The van der Waals surface area contributed by atoms with Crippen LogP contribution < -0.4 is 0 Å². The van der Waals surface area contributed by atoms with Crippen LogP contribution in [0.5, 0.6) is 0 Å². The molecule has 80 valence electrons. The van der Waals surface area contributed by atoms with E-state index in [9.17, 15) is 13.9 Å². The molecule has 0 aliphatic heterocycles. The zero-order chi connectivity index (χ0) is 11.3. The lowest BCUT2D eigenvalue weighted by Crippen LogP contribution is -2.10. The Labute approximate surface area is 87.7 Å². The molecule has 1 unspecified atom stereocenters. The Morgan fingerprint density at radius 1 is 1.27 bits per heavy atom. The van der Waals surface area contributed by atoms with Crippen molar-refractivity contribution in [2.75, 3.05) is 0 Å².